The molecule has 3 heterocycles. The lowest BCUT2D eigenvalue weighted by Gasteiger charge is -2.47. The summed E-state index contributed by atoms with van der Waals surface area (Å²) < 4.78 is 6.65. The smallest absolute Gasteiger partial charge is 0.219 e. The first-order chi connectivity index (χ1) is 17.5. The molecule has 0 bridgehead atoms. The van der Waals surface area contributed by atoms with Crippen LogP contribution in [0.25, 0.3) is 5.70 Å². The molecule has 8 heteroatoms. The molecule has 0 radical (unpaired) electrons. The van der Waals surface area contributed by atoms with Crippen LogP contribution in [-0.2, 0) is 16.0 Å². The molecule has 1 fully saturated rings. The molecular formula is C28H34N5O3-. The van der Waals surface area contributed by atoms with Crippen LogP contribution >= 0.6 is 0 Å². The first kappa shape index (κ1) is 24.4. The number of amides is 1. The van der Waals surface area contributed by atoms with Crippen molar-refractivity contribution in [1.29, 1.82) is 0 Å². The van der Waals surface area contributed by atoms with Crippen molar-refractivity contribution in [2.75, 3.05) is 39.4 Å². The van der Waals surface area contributed by atoms with E-state index >= 15 is 0 Å². The predicted octanol–water partition coefficient (Wildman–Crippen LogP) is 2.63. The Bertz CT molecular complexity index is 1140. The third-order valence-electron chi connectivity index (χ3n) is 7.26. The molecule has 0 aromatic heterocycles. The number of hydroxylamine groups is 2. The maximum Gasteiger partial charge on any atom is 0.219 e. The Morgan fingerprint density at radius 1 is 1.06 bits per heavy atom. The van der Waals surface area contributed by atoms with Crippen LogP contribution in [0.1, 0.15) is 23.6 Å². The second-order valence-electron chi connectivity index (χ2n) is 9.58. The highest BCUT2D eigenvalue weighted by Crippen LogP contribution is 2.33. The van der Waals surface area contributed by atoms with Crippen molar-refractivity contribution in [3.63, 3.8) is 0 Å². The van der Waals surface area contributed by atoms with Gasteiger partial charge in [0.15, 0.2) is 12.1 Å². The number of carbonyl (C=O) groups is 1. The molecule has 0 aliphatic carbocycles. The fraction of sp³-hybridized carbons (Fsp3) is 0.393. The molecule has 5 rings (SSSR count). The Labute approximate surface area is 212 Å². The van der Waals surface area contributed by atoms with Gasteiger partial charge in [-0.05, 0) is 36.1 Å². The van der Waals surface area contributed by atoms with Crippen LogP contribution < -0.4 is 10.6 Å². The molecule has 0 spiro atoms. The van der Waals surface area contributed by atoms with E-state index in [4.69, 9.17) is 4.74 Å². The average Bonchev–Trinajstić information content (AvgIpc) is 2.90. The van der Waals surface area contributed by atoms with Crippen molar-refractivity contribution in [2.45, 2.75) is 32.5 Å². The lowest BCUT2D eigenvalue weighted by molar-refractivity contribution is -0.132. The van der Waals surface area contributed by atoms with Crippen molar-refractivity contribution in [3.05, 3.63) is 94.0 Å². The largest absolute Gasteiger partial charge is 0.758 e. The van der Waals surface area contributed by atoms with Crippen LogP contribution in [0.15, 0.2) is 72.1 Å². The van der Waals surface area contributed by atoms with Gasteiger partial charge in [-0.3, -0.25) is 15.0 Å². The third kappa shape index (κ3) is 5.11. The van der Waals surface area contributed by atoms with Crippen LogP contribution in [0.4, 0.5) is 0 Å². The van der Waals surface area contributed by atoms with Crippen LogP contribution in [0.3, 0.4) is 0 Å². The number of aryl methyl sites for hydroxylation is 1. The zero-order chi connectivity index (χ0) is 25.1. The summed E-state index contributed by atoms with van der Waals surface area (Å²) in [5, 5.41) is 22.2. The molecule has 2 atom stereocenters. The summed E-state index contributed by atoms with van der Waals surface area (Å²) >= 11 is 0. The SMILES string of the molecule is CC(=O)N1CCN(C2/C=C(/c3ccccc3C)N([O-])C(Cc3ccccc3)C3=C(NCNC3)O2)CC1. The first-order valence-electron chi connectivity index (χ1n) is 12.6. The fourth-order valence-electron chi connectivity index (χ4n) is 5.18. The minimum atomic E-state index is -0.432. The molecule has 2 aromatic rings. The number of carbonyl (C=O) groups excluding carboxylic acids is 1. The summed E-state index contributed by atoms with van der Waals surface area (Å²) in [6.45, 7) is 7.42. The van der Waals surface area contributed by atoms with Gasteiger partial charge in [0, 0.05) is 57.0 Å². The van der Waals surface area contributed by atoms with Gasteiger partial charge >= 0.3 is 0 Å². The van der Waals surface area contributed by atoms with Gasteiger partial charge in [0.05, 0.1) is 6.67 Å². The predicted molar refractivity (Wildman–Crippen MR) is 140 cm³/mol. The van der Waals surface area contributed by atoms with E-state index < -0.39 is 12.3 Å². The van der Waals surface area contributed by atoms with Crippen molar-refractivity contribution >= 4 is 11.6 Å². The number of hydrogen-bond acceptors (Lipinski definition) is 7. The maximum absolute atomic E-state index is 14.3. The van der Waals surface area contributed by atoms with Crippen LogP contribution in [-0.4, -0.2) is 72.4 Å². The summed E-state index contributed by atoms with van der Waals surface area (Å²) in [5.41, 5.74) is 4.58. The Hall–Kier alpha value is -3.33. The summed E-state index contributed by atoms with van der Waals surface area (Å²) in [6.07, 6.45) is 2.10. The molecule has 36 heavy (non-hydrogen) atoms. The van der Waals surface area contributed by atoms with E-state index in [2.05, 4.69) is 27.7 Å². The molecule has 2 N–H and O–H groups in total. The molecule has 3 aliphatic rings. The van der Waals surface area contributed by atoms with Crippen molar-refractivity contribution < 1.29 is 9.53 Å². The van der Waals surface area contributed by atoms with Gasteiger partial charge in [0.2, 0.25) is 5.91 Å². The Kier molecular flexibility index (Phi) is 7.27. The van der Waals surface area contributed by atoms with Crippen molar-refractivity contribution in [2.24, 2.45) is 0 Å². The van der Waals surface area contributed by atoms with Gasteiger partial charge < -0.3 is 25.2 Å². The van der Waals surface area contributed by atoms with E-state index in [9.17, 15) is 10.0 Å². The number of hydrogen-bond donors (Lipinski definition) is 2. The lowest BCUT2D eigenvalue weighted by Crippen LogP contribution is -2.54. The molecule has 2 aromatic carbocycles. The first-order valence-corrected chi connectivity index (χ1v) is 12.6. The van der Waals surface area contributed by atoms with E-state index in [1.165, 1.54) is 5.06 Å². The standard InChI is InChI=1S/C28H34N5O3/c1-20-8-6-7-11-23(20)26-17-27(32-14-12-31(13-15-32)21(2)34)36-28-24(18-29-19-30-28)25(33(26)35)16-22-9-4-3-5-10-22/h3-11,17,25,27,29-30H,12-16,18-19H2,1-2H3/q-1/b26-17-. The average molecular weight is 489 g/mol. The fourth-order valence-corrected chi connectivity index (χ4v) is 5.18. The summed E-state index contributed by atoms with van der Waals surface area (Å²) in [6, 6.07) is 17.7. The second-order valence-corrected chi connectivity index (χ2v) is 9.58. The van der Waals surface area contributed by atoms with Crippen LogP contribution in [0.5, 0.6) is 0 Å². The Morgan fingerprint density at radius 3 is 2.50 bits per heavy atom. The zero-order valence-electron chi connectivity index (χ0n) is 20.9. The van der Waals surface area contributed by atoms with Gasteiger partial charge in [0.1, 0.15) is 0 Å². The van der Waals surface area contributed by atoms with Crippen LogP contribution in [0, 0.1) is 12.1 Å². The number of piperazine rings is 1. The van der Waals surface area contributed by atoms with E-state index in [1.807, 2.05) is 60.4 Å². The summed E-state index contributed by atoms with van der Waals surface area (Å²) in [5.74, 6) is 0.762. The van der Waals surface area contributed by atoms with Gasteiger partial charge in [-0.1, -0.05) is 54.6 Å². The number of ether oxygens (including phenoxy) is 1. The Morgan fingerprint density at radius 2 is 1.78 bits per heavy atom. The number of nitrogens with zero attached hydrogens (tertiary/aromatic N) is 3. The summed E-state index contributed by atoms with van der Waals surface area (Å²) in [4.78, 5) is 15.9. The highest BCUT2D eigenvalue weighted by atomic mass is 16.5. The molecule has 8 nitrogen and oxygen atoms in total. The number of rotatable bonds is 4. The number of nitrogens with one attached hydrogen (secondary N) is 2. The minimum Gasteiger partial charge on any atom is -0.758 e. The van der Waals surface area contributed by atoms with Crippen LogP contribution in [0.2, 0.25) is 0 Å². The van der Waals surface area contributed by atoms with Crippen molar-refractivity contribution in [3.8, 4) is 0 Å². The topological polar surface area (TPSA) is 83.1 Å². The van der Waals surface area contributed by atoms with E-state index in [0.29, 0.717) is 57.4 Å². The van der Waals surface area contributed by atoms with E-state index in [0.717, 1.165) is 22.3 Å². The molecule has 3 aliphatic heterocycles. The lowest BCUT2D eigenvalue weighted by atomic mass is 9.95. The van der Waals surface area contributed by atoms with Crippen molar-refractivity contribution in [1.82, 2.24) is 25.5 Å². The maximum atomic E-state index is 14.3. The van der Waals surface area contributed by atoms with Gasteiger partial charge in [-0.2, -0.15) is 0 Å². The van der Waals surface area contributed by atoms with Gasteiger partial charge in [-0.25, -0.2) is 0 Å². The minimum absolute atomic E-state index is 0.0869. The number of benzene rings is 2. The highest BCUT2D eigenvalue weighted by molar-refractivity contribution is 5.73. The molecule has 190 valence electrons. The molecule has 1 saturated heterocycles. The van der Waals surface area contributed by atoms with Gasteiger partial charge in [0.25, 0.3) is 0 Å². The zero-order valence-corrected chi connectivity index (χ0v) is 20.9. The highest BCUT2D eigenvalue weighted by Gasteiger charge is 2.33. The molecule has 2 unspecified atom stereocenters. The molecule has 0 saturated carbocycles. The van der Waals surface area contributed by atoms with E-state index in [-0.39, 0.29) is 5.91 Å². The second kappa shape index (κ2) is 10.7. The molecule has 1 amide bonds. The Balaban J connectivity index is 1.56. The normalized spacial score (nSPS) is 24.6. The van der Waals surface area contributed by atoms with E-state index in [1.54, 1.807) is 6.92 Å². The summed E-state index contributed by atoms with van der Waals surface area (Å²) in [7, 11) is 0. The third-order valence-corrected chi connectivity index (χ3v) is 7.26. The quantitative estimate of drug-likeness (QED) is 0.685. The van der Waals surface area contributed by atoms with Gasteiger partial charge in [-0.15, -0.1) is 0 Å². The molecular weight excluding hydrogens is 454 g/mol. The monoisotopic (exact) mass is 488 g/mol.